The Morgan fingerprint density at radius 2 is 2.17 bits per heavy atom. The summed E-state index contributed by atoms with van der Waals surface area (Å²) in [6.45, 7) is -0.230. The van der Waals surface area contributed by atoms with Crippen LogP contribution in [-0.2, 0) is 6.54 Å². The highest BCUT2D eigenvalue weighted by molar-refractivity contribution is 5.93. The molecule has 0 unspecified atom stereocenters. The third-order valence-electron chi connectivity index (χ3n) is 2.82. The van der Waals surface area contributed by atoms with Gasteiger partial charge in [-0.1, -0.05) is 0 Å². The van der Waals surface area contributed by atoms with Crippen LogP contribution in [0.5, 0.6) is 5.88 Å². The Bertz CT molecular complexity index is 612. The van der Waals surface area contributed by atoms with Crippen LogP contribution in [0.2, 0.25) is 0 Å². The van der Waals surface area contributed by atoms with Gasteiger partial charge in [0.25, 0.3) is 5.91 Å². The van der Waals surface area contributed by atoms with Gasteiger partial charge < -0.3 is 14.6 Å². The number of amides is 1. The fraction of sp³-hybridized carbons (Fsp3) is 0.357. The molecule has 2 heterocycles. The zero-order valence-electron chi connectivity index (χ0n) is 12.1. The molecule has 1 N–H and O–H groups in total. The van der Waals surface area contributed by atoms with E-state index in [1.165, 1.54) is 18.3 Å². The van der Waals surface area contributed by atoms with Crippen molar-refractivity contribution in [2.45, 2.75) is 19.1 Å². The van der Waals surface area contributed by atoms with E-state index >= 15 is 0 Å². The summed E-state index contributed by atoms with van der Waals surface area (Å²) < 4.78 is 42.4. The molecule has 6 nitrogen and oxygen atoms in total. The number of carbonyl (C=O) groups is 1. The third kappa shape index (κ3) is 5.97. The first-order chi connectivity index (χ1) is 10.9. The van der Waals surface area contributed by atoms with Gasteiger partial charge in [0.1, 0.15) is 0 Å². The van der Waals surface area contributed by atoms with Gasteiger partial charge in [-0.25, -0.2) is 9.97 Å². The van der Waals surface area contributed by atoms with Gasteiger partial charge in [0, 0.05) is 37.7 Å². The molecule has 0 atom stereocenters. The lowest BCUT2D eigenvalue weighted by atomic mass is 10.2. The minimum atomic E-state index is -4.42. The Labute approximate surface area is 130 Å². The largest absolute Gasteiger partial charge is 0.468 e. The number of aryl methyl sites for hydroxylation is 1. The molecule has 0 bridgehead atoms. The first-order valence-electron chi connectivity index (χ1n) is 6.83. The number of hydrogen-bond donors (Lipinski definition) is 1. The van der Waals surface area contributed by atoms with E-state index in [-0.39, 0.29) is 17.4 Å². The van der Waals surface area contributed by atoms with E-state index in [4.69, 9.17) is 0 Å². The van der Waals surface area contributed by atoms with Gasteiger partial charge in [0.2, 0.25) is 5.88 Å². The highest BCUT2D eigenvalue weighted by atomic mass is 19.4. The number of alkyl halides is 3. The van der Waals surface area contributed by atoms with Crippen LogP contribution in [0.4, 0.5) is 13.2 Å². The van der Waals surface area contributed by atoms with Crippen molar-refractivity contribution in [3.8, 4) is 5.88 Å². The fourth-order valence-corrected chi connectivity index (χ4v) is 1.74. The van der Waals surface area contributed by atoms with Crippen LogP contribution in [0.15, 0.2) is 37.1 Å². The molecule has 0 spiro atoms. The summed E-state index contributed by atoms with van der Waals surface area (Å²) >= 11 is 0. The van der Waals surface area contributed by atoms with Crippen molar-refractivity contribution in [3.63, 3.8) is 0 Å². The molecule has 0 aliphatic carbocycles. The molecule has 0 radical (unpaired) electrons. The maximum absolute atomic E-state index is 12.0. The van der Waals surface area contributed by atoms with Gasteiger partial charge in [-0.2, -0.15) is 13.2 Å². The summed E-state index contributed by atoms with van der Waals surface area (Å²) in [5, 5.41) is 2.70. The Morgan fingerprint density at radius 3 is 2.78 bits per heavy atom. The van der Waals surface area contributed by atoms with Gasteiger partial charge in [-0.15, -0.1) is 0 Å². The van der Waals surface area contributed by atoms with Crippen molar-refractivity contribution in [1.82, 2.24) is 19.9 Å². The second-order valence-electron chi connectivity index (χ2n) is 4.70. The Hall–Kier alpha value is -2.58. The maximum Gasteiger partial charge on any atom is 0.422 e. The normalized spacial score (nSPS) is 11.3. The molecule has 0 saturated carbocycles. The number of carbonyl (C=O) groups excluding carboxylic acids is 1. The zero-order valence-corrected chi connectivity index (χ0v) is 12.1. The van der Waals surface area contributed by atoms with Crippen molar-refractivity contribution in [2.24, 2.45) is 0 Å². The highest BCUT2D eigenvalue weighted by Gasteiger charge is 2.28. The van der Waals surface area contributed by atoms with Crippen LogP contribution in [-0.4, -0.2) is 39.8 Å². The predicted molar refractivity (Wildman–Crippen MR) is 75.0 cm³/mol. The minimum absolute atomic E-state index is 0.181. The van der Waals surface area contributed by atoms with E-state index < -0.39 is 12.8 Å². The first-order valence-corrected chi connectivity index (χ1v) is 6.83. The molecule has 2 rings (SSSR count). The van der Waals surface area contributed by atoms with E-state index in [2.05, 4.69) is 20.0 Å². The minimum Gasteiger partial charge on any atom is -0.468 e. The SMILES string of the molecule is O=C(NCCCn1ccnc1)c1ccc(OCC(F)(F)F)nc1. The molecule has 124 valence electrons. The second kappa shape index (κ2) is 7.61. The molecule has 1 amide bonds. The Balaban J connectivity index is 1.74. The Kier molecular flexibility index (Phi) is 5.56. The number of hydrogen-bond acceptors (Lipinski definition) is 4. The first kappa shape index (κ1) is 16.8. The molecule has 2 aromatic rings. The molecular formula is C14H15F3N4O2. The quantitative estimate of drug-likeness (QED) is 0.790. The van der Waals surface area contributed by atoms with Crippen LogP contribution in [0, 0.1) is 0 Å². The third-order valence-corrected chi connectivity index (χ3v) is 2.82. The molecule has 0 aliphatic heterocycles. The van der Waals surface area contributed by atoms with Crippen LogP contribution < -0.4 is 10.1 Å². The average Bonchev–Trinajstić information content (AvgIpc) is 3.02. The van der Waals surface area contributed by atoms with Gasteiger partial charge >= 0.3 is 6.18 Å². The topological polar surface area (TPSA) is 69.0 Å². The highest BCUT2D eigenvalue weighted by Crippen LogP contribution is 2.16. The summed E-state index contributed by atoms with van der Waals surface area (Å²) in [4.78, 5) is 19.4. The van der Waals surface area contributed by atoms with Gasteiger partial charge in [0.05, 0.1) is 11.9 Å². The number of nitrogens with zero attached hydrogens (tertiary/aromatic N) is 3. The van der Waals surface area contributed by atoms with E-state index in [0.717, 1.165) is 13.0 Å². The summed E-state index contributed by atoms with van der Waals surface area (Å²) in [6, 6.07) is 2.59. The van der Waals surface area contributed by atoms with Crippen LogP contribution in [0.3, 0.4) is 0 Å². The summed E-state index contributed by atoms with van der Waals surface area (Å²) in [5.41, 5.74) is 0.256. The molecule has 0 aromatic carbocycles. The molecular weight excluding hydrogens is 313 g/mol. The number of halogens is 3. The van der Waals surface area contributed by atoms with E-state index in [1.54, 1.807) is 12.5 Å². The summed E-state index contributed by atoms with van der Waals surface area (Å²) in [5.74, 6) is -0.524. The average molecular weight is 328 g/mol. The van der Waals surface area contributed by atoms with Gasteiger partial charge in [0.15, 0.2) is 6.61 Å². The number of nitrogens with one attached hydrogen (secondary N) is 1. The lowest BCUT2D eigenvalue weighted by molar-refractivity contribution is -0.154. The monoisotopic (exact) mass is 328 g/mol. The standard InChI is InChI=1S/C14H15F3N4O2/c15-14(16,17)9-23-12-3-2-11(8-20-12)13(22)19-4-1-6-21-7-5-18-10-21/h2-3,5,7-8,10H,1,4,6,9H2,(H,19,22). The Morgan fingerprint density at radius 1 is 1.35 bits per heavy atom. The number of pyridine rings is 1. The maximum atomic E-state index is 12.0. The van der Waals surface area contributed by atoms with Crippen LogP contribution in [0.1, 0.15) is 16.8 Å². The van der Waals surface area contributed by atoms with Crippen molar-refractivity contribution in [1.29, 1.82) is 0 Å². The molecule has 0 aliphatic rings. The molecule has 0 saturated heterocycles. The number of imidazole rings is 1. The lowest BCUT2D eigenvalue weighted by Gasteiger charge is -2.09. The summed E-state index contributed by atoms with van der Waals surface area (Å²) in [7, 11) is 0. The van der Waals surface area contributed by atoms with Crippen LogP contribution in [0.25, 0.3) is 0 Å². The van der Waals surface area contributed by atoms with Crippen molar-refractivity contribution < 1.29 is 22.7 Å². The lowest BCUT2D eigenvalue weighted by Crippen LogP contribution is -2.25. The van der Waals surface area contributed by atoms with E-state index in [1.807, 2.05) is 10.8 Å². The molecule has 0 fully saturated rings. The number of rotatable bonds is 7. The zero-order chi connectivity index (χ0) is 16.7. The van der Waals surface area contributed by atoms with Crippen LogP contribution >= 0.6 is 0 Å². The van der Waals surface area contributed by atoms with Crippen molar-refractivity contribution in [3.05, 3.63) is 42.6 Å². The molecule has 2 aromatic heterocycles. The smallest absolute Gasteiger partial charge is 0.422 e. The fourth-order valence-electron chi connectivity index (χ4n) is 1.74. The van der Waals surface area contributed by atoms with E-state index in [0.29, 0.717) is 6.54 Å². The van der Waals surface area contributed by atoms with Crippen molar-refractivity contribution in [2.75, 3.05) is 13.2 Å². The van der Waals surface area contributed by atoms with Crippen molar-refractivity contribution >= 4 is 5.91 Å². The van der Waals surface area contributed by atoms with Gasteiger partial charge in [-0.05, 0) is 12.5 Å². The second-order valence-corrected chi connectivity index (χ2v) is 4.70. The number of ether oxygens (including phenoxy) is 1. The number of aromatic nitrogens is 3. The summed E-state index contributed by atoms with van der Waals surface area (Å²) in [6.07, 6.45) is 2.66. The van der Waals surface area contributed by atoms with Gasteiger partial charge in [-0.3, -0.25) is 4.79 Å². The molecule has 9 heteroatoms. The van der Waals surface area contributed by atoms with E-state index in [9.17, 15) is 18.0 Å². The predicted octanol–water partition coefficient (Wildman–Crippen LogP) is 2.04. The molecule has 23 heavy (non-hydrogen) atoms.